The Balaban J connectivity index is 4.19. The highest BCUT2D eigenvalue weighted by molar-refractivity contribution is 5.96. The van der Waals surface area contributed by atoms with Crippen molar-refractivity contribution in [1.82, 2.24) is 10.2 Å². The van der Waals surface area contributed by atoms with E-state index in [1.165, 1.54) is 25.8 Å². The van der Waals surface area contributed by atoms with Crippen molar-refractivity contribution in [2.75, 3.05) is 20.2 Å². The number of aliphatic carboxylic acids is 1. The molecule has 0 radical (unpaired) electrons. The van der Waals surface area contributed by atoms with Crippen molar-refractivity contribution < 1.29 is 24.2 Å². The third-order valence-electron chi connectivity index (χ3n) is 2.65. The highest BCUT2D eigenvalue weighted by atomic mass is 16.5. The number of nitrogens with one attached hydrogen (secondary N) is 1. The molecule has 0 bridgehead atoms. The molecular weight excluding hydrogens is 264 g/mol. The number of amides is 3. The minimum atomic E-state index is -1.20. The molecule has 0 aliphatic heterocycles. The van der Waals surface area contributed by atoms with Crippen molar-refractivity contribution >= 4 is 17.9 Å². The first-order valence-electron chi connectivity index (χ1n) is 6.46. The molecule has 3 amide bonds. The van der Waals surface area contributed by atoms with E-state index in [1.807, 2.05) is 13.8 Å². The number of hydrogen-bond acceptors (Lipinski definition) is 4. The summed E-state index contributed by atoms with van der Waals surface area (Å²) < 4.78 is 5.30. The number of carboxylic acids is 1. The van der Waals surface area contributed by atoms with Gasteiger partial charge in [0.2, 0.25) is 5.91 Å². The van der Waals surface area contributed by atoms with E-state index in [1.54, 1.807) is 0 Å². The second-order valence-electron chi connectivity index (χ2n) is 5.56. The molecule has 0 aliphatic carbocycles. The molecule has 0 atom stereocenters. The molecule has 20 heavy (non-hydrogen) atoms. The van der Waals surface area contributed by atoms with Gasteiger partial charge in [0.15, 0.2) is 0 Å². The third-order valence-corrected chi connectivity index (χ3v) is 2.65. The lowest BCUT2D eigenvalue weighted by Crippen LogP contribution is -2.44. The van der Waals surface area contributed by atoms with Gasteiger partial charge in [-0.1, -0.05) is 0 Å². The summed E-state index contributed by atoms with van der Waals surface area (Å²) in [5.41, 5.74) is -1.20. The number of ether oxygens (including phenoxy) is 1. The zero-order valence-electron chi connectivity index (χ0n) is 12.7. The lowest BCUT2D eigenvalue weighted by Gasteiger charge is -2.21. The molecular formula is C13H24N2O5. The van der Waals surface area contributed by atoms with Crippen LogP contribution >= 0.6 is 0 Å². The monoisotopic (exact) mass is 288 g/mol. The number of rotatable bonds is 7. The molecule has 0 rings (SSSR count). The molecule has 0 spiro atoms. The summed E-state index contributed by atoms with van der Waals surface area (Å²) in [5.74, 6) is -1.70. The van der Waals surface area contributed by atoms with Crippen LogP contribution in [0.4, 0.5) is 4.79 Å². The van der Waals surface area contributed by atoms with Crippen LogP contribution in [-0.4, -0.2) is 54.2 Å². The van der Waals surface area contributed by atoms with Crippen molar-refractivity contribution in [3.05, 3.63) is 0 Å². The van der Waals surface area contributed by atoms with Crippen molar-refractivity contribution in [2.45, 2.75) is 40.2 Å². The standard InChI is InChI=1S/C13H24N2O5/c1-9(2)20-7-6-15(5)12(19)14-10(16)8-13(3,4)11(17)18/h9H,6-8H2,1-5H3,(H,17,18)(H,14,16,19). The van der Waals surface area contributed by atoms with Crippen LogP contribution in [0.15, 0.2) is 0 Å². The largest absolute Gasteiger partial charge is 0.481 e. The number of carboxylic acid groups (broad SMARTS) is 1. The van der Waals surface area contributed by atoms with Crippen LogP contribution in [0.1, 0.15) is 34.1 Å². The van der Waals surface area contributed by atoms with E-state index in [0.29, 0.717) is 13.2 Å². The van der Waals surface area contributed by atoms with Crippen LogP contribution in [0, 0.1) is 5.41 Å². The van der Waals surface area contributed by atoms with Gasteiger partial charge in [0.25, 0.3) is 0 Å². The van der Waals surface area contributed by atoms with E-state index < -0.39 is 23.3 Å². The van der Waals surface area contributed by atoms with Crippen molar-refractivity contribution in [2.24, 2.45) is 5.41 Å². The van der Waals surface area contributed by atoms with Crippen molar-refractivity contribution in [3.8, 4) is 0 Å². The quantitative estimate of drug-likeness (QED) is 0.731. The van der Waals surface area contributed by atoms with Gasteiger partial charge >= 0.3 is 12.0 Å². The van der Waals surface area contributed by atoms with Gasteiger partial charge in [0.05, 0.1) is 18.1 Å². The van der Waals surface area contributed by atoms with E-state index >= 15 is 0 Å². The Morgan fingerprint density at radius 1 is 1.30 bits per heavy atom. The molecule has 116 valence electrons. The van der Waals surface area contributed by atoms with Gasteiger partial charge < -0.3 is 14.7 Å². The first-order chi connectivity index (χ1) is 9.06. The first-order valence-corrected chi connectivity index (χ1v) is 6.46. The molecule has 0 heterocycles. The molecule has 0 aromatic rings. The molecule has 7 nitrogen and oxygen atoms in total. The van der Waals surface area contributed by atoms with Crippen molar-refractivity contribution in [1.29, 1.82) is 0 Å². The summed E-state index contributed by atoms with van der Waals surface area (Å²) in [4.78, 5) is 35.5. The number of likely N-dealkylation sites (N-methyl/N-ethyl adjacent to an activating group) is 1. The summed E-state index contributed by atoms with van der Waals surface area (Å²) in [6.07, 6.45) is -0.186. The average molecular weight is 288 g/mol. The summed E-state index contributed by atoms with van der Waals surface area (Å²) >= 11 is 0. The minimum absolute atomic E-state index is 0.0736. The van der Waals surface area contributed by atoms with E-state index in [2.05, 4.69) is 5.32 Å². The summed E-state index contributed by atoms with van der Waals surface area (Å²) in [6.45, 7) is 7.35. The van der Waals surface area contributed by atoms with Crippen LogP contribution in [0.5, 0.6) is 0 Å². The minimum Gasteiger partial charge on any atom is -0.481 e. The Kier molecular flexibility index (Phi) is 7.20. The SMILES string of the molecule is CC(C)OCCN(C)C(=O)NC(=O)CC(C)(C)C(=O)O. The Morgan fingerprint density at radius 2 is 1.85 bits per heavy atom. The second kappa shape index (κ2) is 7.84. The van der Waals surface area contributed by atoms with Gasteiger partial charge in [-0.25, -0.2) is 4.79 Å². The fourth-order valence-electron chi connectivity index (χ4n) is 1.26. The fraction of sp³-hybridized carbons (Fsp3) is 0.769. The molecule has 0 aromatic carbocycles. The molecule has 0 aromatic heterocycles. The van der Waals surface area contributed by atoms with Gasteiger partial charge in [-0.2, -0.15) is 0 Å². The topological polar surface area (TPSA) is 95.9 Å². The smallest absolute Gasteiger partial charge is 0.323 e. The van der Waals surface area contributed by atoms with E-state index in [9.17, 15) is 14.4 Å². The Labute approximate surface area is 119 Å². The van der Waals surface area contributed by atoms with E-state index in [4.69, 9.17) is 9.84 Å². The summed E-state index contributed by atoms with van der Waals surface area (Å²) in [7, 11) is 1.54. The lowest BCUT2D eigenvalue weighted by atomic mass is 9.89. The summed E-state index contributed by atoms with van der Waals surface area (Å²) in [5, 5.41) is 11.1. The van der Waals surface area contributed by atoms with Gasteiger partial charge in [-0.3, -0.25) is 14.9 Å². The Bertz CT molecular complexity index is 366. The van der Waals surface area contributed by atoms with Gasteiger partial charge in [0.1, 0.15) is 0 Å². The van der Waals surface area contributed by atoms with Gasteiger partial charge in [-0.15, -0.1) is 0 Å². The number of carbonyl (C=O) groups excluding carboxylic acids is 2. The molecule has 0 unspecified atom stereocenters. The van der Waals surface area contributed by atoms with E-state index in [0.717, 1.165) is 0 Å². The fourth-order valence-corrected chi connectivity index (χ4v) is 1.26. The first kappa shape index (κ1) is 18.4. The highest BCUT2D eigenvalue weighted by Crippen LogP contribution is 2.19. The lowest BCUT2D eigenvalue weighted by molar-refractivity contribution is -0.149. The summed E-state index contributed by atoms with van der Waals surface area (Å²) in [6, 6.07) is -0.566. The molecule has 2 N–H and O–H groups in total. The van der Waals surface area contributed by atoms with Crippen LogP contribution in [0.25, 0.3) is 0 Å². The zero-order valence-corrected chi connectivity index (χ0v) is 12.7. The maximum atomic E-state index is 11.7. The molecule has 0 fully saturated rings. The molecule has 0 saturated heterocycles. The number of carbonyl (C=O) groups is 3. The third kappa shape index (κ3) is 7.08. The predicted octanol–water partition coefficient (Wildman–Crippen LogP) is 1.08. The normalized spacial score (nSPS) is 11.3. The zero-order chi connectivity index (χ0) is 15.9. The van der Waals surface area contributed by atoms with Gasteiger partial charge in [-0.05, 0) is 27.7 Å². The van der Waals surface area contributed by atoms with Crippen LogP contribution in [0.3, 0.4) is 0 Å². The maximum absolute atomic E-state index is 11.7. The number of urea groups is 1. The molecule has 7 heteroatoms. The van der Waals surface area contributed by atoms with E-state index in [-0.39, 0.29) is 12.5 Å². The molecule has 0 saturated carbocycles. The number of hydrogen-bond donors (Lipinski definition) is 2. The van der Waals surface area contributed by atoms with Crippen molar-refractivity contribution in [3.63, 3.8) is 0 Å². The highest BCUT2D eigenvalue weighted by Gasteiger charge is 2.30. The predicted molar refractivity (Wildman–Crippen MR) is 73.3 cm³/mol. The second-order valence-corrected chi connectivity index (χ2v) is 5.56. The van der Waals surface area contributed by atoms with Crippen LogP contribution in [0.2, 0.25) is 0 Å². The van der Waals surface area contributed by atoms with Crippen LogP contribution < -0.4 is 5.32 Å². The Hall–Kier alpha value is -1.63. The number of nitrogens with zero attached hydrogens (tertiary/aromatic N) is 1. The number of imide groups is 1. The average Bonchev–Trinajstić information content (AvgIpc) is 2.26. The maximum Gasteiger partial charge on any atom is 0.323 e. The van der Waals surface area contributed by atoms with Crippen LogP contribution in [-0.2, 0) is 14.3 Å². The van der Waals surface area contributed by atoms with Gasteiger partial charge in [0, 0.05) is 20.0 Å². The molecule has 0 aliphatic rings. The Morgan fingerprint density at radius 3 is 2.30 bits per heavy atom.